The van der Waals surface area contributed by atoms with E-state index in [2.05, 4.69) is 5.32 Å². The summed E-state index contributed by atoms with van der Waals surface area (Å²) < 4.78 is 6.93. The standard InChI is InChI=1S/C10H19NO3/c1-2-3-4-5-6-7-9(12)11-8-10(13)14/h2-8H2,1H3,(H,11,12)(H,13,14)/i1D. The maximum absolute atomic E-state index is 11.0. The molecule has 0 unspecified atom stereocenters. The third-order valence-corrected chi connectivity index (χ3v) is 1.84. The monoisotopic (exact) mass is 202 g/mol. The molecule has 0 spiro atoms. The van der Waals surface area contributed by atoms with E-state index in [4.69, 9.17) is 6.48 Å². The van der Waals surface area contributed by atoms with Crippen molar-refractivity contribution >= 4 is 11.9 Å². The van der Waals surface area contributed by atoms with Crippen LogP contribution in [0.1, 0.15) is 46.8 Å². The molecule has 0 aliphatic carbocycles. The second-order valence-corrected chi connectivity index (χ2v) is 3.19. The number of carbonyl (C=O) groups is 2. The van der Waals surface area contributed by atoms with Crippen molar-refractivity contribution in [3.63, 3.8) is 0 Å². The van der Waals surface area contributed by atoms with Gasteiger partial charge in [-0.15, -0.1) is 0 Å². The molecule has 0 aliphatic rings. The lowest BCUT2D eigenvalue weighted by Gasteiger charge is -2.01. The first kappa shape index (κ1) is 11.0. The summed E-state index contributed by atoms with van der Waals surface area (Å²) in [5, 5.41) is 10.6. The van der Waals surface area contributed by atoms with Gasteiger partial charge in [-0.05, 0) is 6.42 Å². The number of hydrogen-bond donors (Lipinski definition) is 2. The van der Waals surface area contributed by atoms with E-state index in [-0.39, 0.29) is 12.5 Å². The fraction of sp³-hybridized carbons (Fsp3) is 0.800. The van der Waals surface area contributed by atoms with Crippen LogP contribution in [0.25, 0.3) is 0 Å². The molecule has 0 heterocycles. The molecule has 82 valence electrons. The molecule has 0 fully saturated rings. The fourth-order valence-corrected chi connectivity index (χ4v) is 1.08. The molecule has 0 aromatic carbocycles. The number of carboxylic acid groups (broad SMARTS) is 1. The molecule has 4 heteroatoms. The van der Waals surface area contributed by atoms with Crippen molar-refractivity contribution in [2.75, 3.05) is 6.54 Å². The molecule has 0 aromatic rings. The van der Waals surface area contributed by atoms with Crippen molar-refractivity contribution < 1.29 is 16.1 Å². The van der Waals surface area contributed by atoms with E-state index >= 15 is 0 Å². The summed E-state index contributed by atoms with van der Waals surface area (Å²) in [5.74, 6) is -1.21. The number of rotatable bonds is 8. The number of nitrogens with one attached hydrogen (secondary N) is 1. The summed E-state index contributed by atoms with van der Waals surface area (Å²) in [6.45, 7) is 0.177. The van der Waals surface area contributed by atoms with Crippen molar-refractivity contribution in [3.8, 4) is 0 Å². The molecule has 0 radical (unpaired) electrons. The van der Waals surface area contributed by atoms with Crippen LogP contribution in [0, 0.1) is 0 Å². The van der Waals surface area contributed by atoms with Crippen LogP contribution in [0.5, 0.6) is 0 Å². The van der Waals surface area contributed by atoms with E-state index in [9.17, 15) is 9.59 Å². The number of unbranched alkanes of at least 4 members (excludes halogenated alkanes) is 4. The van der Waals surface area contributed by atoms with Crippen LogP contribution in [0.2, 0.25) is 0 Å². The van der Waals surface area contributed by atoms with Gasteiger partial charge in [0.05, 0.1) is 0 Å². The van der Waals surface area contributed by atoms with Crippen LogP contribution < -0.4 is 5.32 Å². The number of aliphatic carboxylic acids is 1. The SMILES string of the molecule is [2H]CCCCCCCC(=O)NCC(=O)O. The van der Waals surface area contributed by atoms with E-state index in [0.29, 0.717) is 13.3 Å². The summed E-state index contributed by atoms with van der Waals surface area (Å²) >= 11 is 0. The van der Waals surface area contributed by atoms with Gasteiger partial charge in [0.25, 0.3) is 0 Å². The summed E-state index contributed by atoms with van der Waals surface area (Å²) in [6.07, 6.45) is 5.18. The smallest absolute Gasteiger partial charge is 0.322 e. The zero-order chi connectivity index (χ0) is 11.5. The fourth-order valence-electron chi connectivity index (χ4n) is 1.08. The minimum absolute atomic E-state index is 0.196. The quantitative estimate of drug-likeness (QED) is 0.587. The lowest BCUT2D eigenvalue weighted by atomic mass is 10.1. The Morgan fingerprint density at radius 1 is 1.29 bits per heavy atom. The minimum Gasteiger partial charge on any atom is -0.480 e. The first-order valence-electron chi connectivity index (χ1n) is 5.65. The molecule has 0 atom stereocenters. The Kier molecular flexibility index (Phi) is 6.72. The zero-order valence-electron chi connectivity index (χ0n) is 9.42. The maximum Gasteiger partial charge on any atom is 0.322 e. The van der Waals surface area contributed by atoms with Gasteiger partial charge in [-0.25, -0.2) is 0 Å². The van der Waals surface area contributed by atoms with Crippen molar-refractivity contribution in [1.82, 2.24) is 5.32 Å². The molecule has 0 saturated carbocycles. The summed E-state index contributed by atoms with van der Waals surface area (Å²) in [6, 6.07) is 0. The molecule has 0 aliphatic heterocycles. The average Bonchev–Trinajstić information content (AvgIpc) is 2.20. The van der Waals surface area contributed by atoms with Gasteiger partial charge in [-0.2, -0.15) is 0 Å². The van der Waals surface area contributed by atoms with E-state index in [1.165, 1.54) is 0 Å². The number of carbonyl (C=O) groups excluding carboxylic acids is 1. The predicted octanol–water partition coefficient (Wildman–Crippen LogP) is 1.55. The summed E-state index contributed by atoms with van der Waals surface area (Å²) in [5.41, 5.74) is 0. The number of amides is 1. The van der Waals surface area contributed by atoms with Crippen LogP contribution in [0.15, 0.2) is 0 Å². The Balaban J connectivity index is 3.20. The highest BCUT2D eigenvalue weighted by atomic mass is 16.4. The highest BCUT2D eigenvalue weighted by molar-refractivity contribution is 5.80. The molecule has 4 nitrogen and oxygen atoms in total. The van der Waals surface area contributed by atoms with Crippen LogP contribution in [-0.4, -0.2) is 23.5 Å². The first-order valence-corrected chi connectivity index (χ1v) is 4.94. The van der Waals surface area contributed by atoms with E-state index in [1.807, 2.05) is 0 Å². The Morgan fingerprint density at radius 2 is 2.00 bits per heavy atom. The molecular weight excluding hydrogens is 182 g/mol. The second-order valence-electron chi connectivity index (χ2n) is 3.19. The van der Waals surface area contributed by atoms with Gasteiger partial charge >= 0.3 is 5.97 Å². The molecule has 0 rings (SSSR count). The summed E-state index contributed by atoms with van der Waals surface area (Å²) in [4.78, 5) is 21.2. The van der Waals surface area contributed by atoms with Crippen LogP contribution >= 0.6 is 0 Å². The molecule has 14 heavy (non-hydrogen) atoms. The number of hydrogen-bond acceptors (Lipinski definition) is 2. The maximum atomic E-state index is 11.0. The molecule has 0 saturated heterocycles. The Labute approximate surface area is 86.1 Å². The summed E-state index contributed by atoms with van der Waals surface area (Å²) in [7, 11) is 0. The highest BCUT2D eigenvalue weighted by Gasteiger charge is 2.02. The van der Waals surface area contributed by atoms with E-state index in [0.717, 1.165) is 32.1 Å². The molecule has 0 aromatic heterocycles. The van der Waals surface area contributed by atoms with Gasteiger partial charge in [-0.1, -0.05) is 32.6 Å². The lowest BCUT2D eigenvalue weighted by molar-refractivity contribution is -0.137. The normalized spacial score (nSPS) is 10.7. The van der Waals surface area contributed by atoms with Crippen molar-refractivity contribution in [2.45, 2.75) is 45.4 Å². The van der Waals surface area contributed by atoms with Gasteiger partial charge in [0, 0.05) is 7.79 Å². The zero-order valence-corrected chi connectivity index (χ0v) is 8.42. The average molecular weight is 202 g/mol. The lowest BCUT2D eigenvalue weighted by Crippen LogP contribution is -2.28. The van der Waals surface area contributed by atoms with E-state index < -0.39 is 5.97 Å². The third kappa shape index (κ3) is 9.03. The van der Waals surface area contributed by atoms with Gasteiger partial charge in [0.2, 0.25) is 5.91 Å². The highest BCUT2D eigenvalue weighted by Crippen LogP contribution is 2.04. The Morgan fingerprint density at radius 3 is 2.64 bits per heavy atom. The Bertz CT molecular complexity index is 197. The van der Waals surface area contributed by atoms with E-state index in [1.54, 1.807) is 0 Å². The second kappa shape index (κ2) is 8.53. The minimum atomic E-state index is -1.02. The van der Waals surface area contributed by atoms with Crippen LogP contribution in [-0.2, 0) is 9.59 Å². The Hall–Kier alpha value is -1.06. The van der Waals surface area contributed by atoms with Crippen LogP contribution in [0.3, 0.4) is 0 Å². The topological polar surface area (TPSA) is 66.4 Å². The largest absolute Gasteiger partial charge is 0.480 e. The molecule has 0 bridgehead atoms. The van der Waals surface area contributed by atoms with Gasteiger partial charge in [0.1, 0.15) is 6.54 Å². The van der Waals surface area contributed by atoms with Crippen molar-refractivity contribution in [2.24, 2.45) is 0 Å². The third-order valence-electron chi connectivity index (χ3n) is 1.84. The molecule has 2 N–H and O–H groups in total. The molecule has 1 amide bonds. The van der Waals surface area contributed by atoms with Gasteiger partial charge in [0.15, 0.2) is 0 Å². The van der Waals surface area contributed by atoms with Gasteiger partial charge in [-0.3, -0.25) is 9.59 Å². The van der Waals surface area contributed by atoms with Crippen molar-refractivity contribution in [3.05, 3.63) is 0 Å². The van der Waals surface area contributed by atoms with Crippen LogP contribution in [0.4, 0.5) is 0 Å². The number of carboxylic acids is 1. The first-order chi connectivity index (χ1) is 7.16. The molecular formula is C10H19NO3. The van der Waals surface area contributed by atoms with Crippen molar-refractivity contribution in [1.29, 1.82) is 0 Å². The van der Waals surface area contributed by atoms with Gasteiger partial charge < -0.3 is 10.4 Å². The predicted molar refractivity (Wildman–Crippen MR) is 54.0 cm³/mol.